The number of amides is 1. The Balaban J connectivity index is 2.10. The Bertz CT molecular complexity index is 1180. The van der Waals surface area contributed by atoms with Crippen molar-refractivity contribution in [2.24, 2.45) is 0 Å². The summed E-state index contributed by atoms with van der Waals surface area (Å²) >= 11 is 12.9. The fraction of sp³-hybridized carbons (Fsp3) is 0.167. The number of benzene rings is 2. The molecule has 168 valence electrons. The summed E-state index contributed by atoms with van der Waals surface area (Å²) in [6.45, 7) is 1.26. The predicted octanol–water partition coefficient (Wildman–Crippen LogP) is 5.29. The molecule has 1 heterocycles. The summed E-state index contributed by atoms with van der Waals surface area (Å²) in [4.78, 5) is 21.7. The first-order chi connectivity index (χ1) is 15.0. The quantitative estimate of drug-likeness (QED) is 0.360. The molecular formula is C18H12Cl2F3N5O3S. The third-order valence-electron chi connectivity index (χ3n) is 3.99. The molecule has 1 amide bonds. The number of carbonyl (C=O) groups excluding carboxylic acids is 1. The van der Waals surface area contributed by atoms with Crippen molar-refractivity contribution in [2.45, 2.75) is 29.7 Å². The van der Waals surface area contributed by atoms with Gasteiger partial charge in [0.15, 0.2) is 5.82 Å². The van der Waals surface area contributed by atoms with E-state index < -0.39 is 22.4 Å². The van der Waals surface area contributed by atoms with Crippen LogP contribution in [-0.4, -0.2) is 25.6 Å². The highest BCUT2D eigenvalue weighted by atomic mass is 35.5. The lowest BCUT2D eigenvalue weighted by Crippen LogP contribution is -2.21. The Kier molecular flexibility index (Phi) is 6.96. The van der Waals surface area contributed by atoms with E-state index in [1.54, 1.807) is 0 Å². The molecule has 0 unspecified atom stereocenters. The van der Waals surface area contributed by atoms with Crippen LogP contribution >= 0.6 is 35.0 Å². The lowest BCUT2D eigenvalue weighted by atomic mass is 10.2. The summed E-state index contributed by atoms with van der Waals surface area (Å²) in [6.07, 6.45) is -4.74. The molecule has 0 spiro atoms. The Morgan fingerprint density at radius 3 is 2.41 bits per heavy atom. The highest BCUT2D eigenvalue weighted by Crippen LogP contribution is 2.39. The van der Waals surface area contributed by atoms with E-state index in [1.807, 2.05) is 0 Å². The number of hydrogen-bond donors (Lipinski definition) is 1. The second kappa shape index (κ2) is 9.35. The van der Waals surface area contributed by atoms with E-state index in [2.05, 4.69) is 15.5 Å². The van der Waals surface area contributed by atoms with Crippen LogP contribution in [0.2, 0.25) is 10.0 Å². The summed E-state index contributed by atoms with van der Waals surface area (Å²) < 4.78 is 40.4. The van der Waals surface area contributed by atoms with Crippen LogP contribution in [0.15, 0.2) is 46.5 Å². The molecule has 0 bridgehead atoms. The molecule has 3 rings (SSSR count). The number of nitro benzene ring substituents is 1. The average Bonchev–Trinajstić information content (AvgIpc) is 3.07. The number of carbonyl (C=O) groups is 1. The Morgan fingerprint density at radius 2 is 1.84 bits per heavy atom. The third-order valence-corrected chi connectivity index (χ3v) is 5.43. The molecule has 32 heavy (non-hydrogen) atoms. The molecule has 1 N–H and O–H groups in total. The number of alkyl halides is 3. The minimum atomic E-state index is -4.74. The maximum atomic E-state index is 13.0. The smallest absolute Gasteiger partial charge is 0.349 e. The first kappa shape index (κ1) is 23.8. The van der Waals surface area contributed by atoms with Crippen molar-refractivity contribution in [1.29, 1.82) is 0 Å². The van der Waals surface area contributed by atoms with E-state index in [9.17, 15) is 28.1 Å². The third kappa shape index (κ3) is 5.50. The van der Waals surface area contributed by atoms with Gasteiger partial charge >= 0.3 is 6.18 Å². The van der Waals surface area contributed by atoms with E-state index in [4.69, 9.17) is 23.2 Å². The van der Waals surface area contributed by atoms with E-state index in [0.717, 1.165) is 23.9 Å². The van der Waals surface area contributed by atoms with Gasteiger partial charge in [-0.05, 0) is 42.1 Å². The van der Waals surface area contributed by atoms with Crippen LogP contribution in [0.5, 0.6) is 0 Å². The van der Waals surface area contributed by atoms with Crippen molar-refractivity contribution < 1.29 is 22.9 Å². The highest BCUT2D eigenvalue weighted by molar-refractivity contribution is 7.99. The molecule has 0 fully saturated rings. The Morgan fingerprint density at radius 1 is 1.19 bits per heavy atom. The van der Waals surface area contributed by atoms with Crippen LogP contribution in [0.4, 0.5) is 18.9 Å². The van der Waals surface area contributed by atoms with Gasteiger partial charge in [0.2, 0.25) is 11.1 Å². The molecule has 0 saturated carbocycles. The number of rotatable bonds is 6. The molecule has 0 aliphatic carbocycles. The van der Waals surface area contributed by atoms with Gasteiger partial charge in [-0.3, -0.25) is 19.5 Å². The van der Waals surface area contributed by atoms with E-state index >= 15 is 0 Å². The molecule has 0 radical (unpaired) electrons. The molecule has 0 saturated heterocycles. The number of hydrogen-bond acceptors (Lipinski definition) is 6. The SMILES string of the molecule is CC(=O)NCc1nnc(Sc2ccc(C(F)(F)F)cc2[N+](=O)[O-])n1-c1cc(Cl)cc(Cl)c1. The second-order valence-corrected chi connectivity index (χ2v) is 8.19. The molecule has 1 aromatic heterocycles. The second-order valence-electron chi connectivity index (χ2n) is 6.31. The van der Waals surface area contributed by atoms with Crippen LogP contribution in [0.1, 0.15) is 18.3 Å². The number of nitrogens with one attached hydrogen (secondary N) is 1. The van der Waals surface area contributed by atoms with Crippen molar-refractivity contribution in [2.75, 3.05) is 0 Å². The van der Waals surface area contributed by atoms with Gasteiger partial charge in [-0.2, -0.15) is 13.2 Å². The Hall–Kier alpha value is -2.83. The van der Waals surface area contributed by atoms with Crippen molar-refractivity contribution in [3.05, 3.63) is 67.9 Å². The molecule has 3 aromatic rings. The Labute approximate surface area is 192 Å². The predicted molar refractivity (Wildman–Crippen MR) is 111 cm³/mol. The molecule has 0 atom stereocenters. The normalized spacial score (nSPS) is 11.4. The first-order valence-corrected chi connectivity index (χ1v) is 10.2. The van der Waals surface area contributed by atoms with Crippen molar-refractivity contribution >= 4 is 46.6 Å². The zero-order valence-electron chi connectivity index (χ0n) is 16.0. The van der Waals surface area contributed by atoms with Crippen LogP contribution < -0.4 is 5.32 Å². The van der Waals surface area contributed by atoms with Crippen LogP contribution in [0, 0.1) is 10.1 Å². The maximum Gasteiger partial charge on any atom is 0.416 e. The van der Waals surface area contributed by atoms with Gasteiger partial charge in [-0.1, -0.05) is 23.2 Å². The highest BCUT2D eigenvalue weighted by Gasteiger charge is 2.33. The summed E-state index contributed by atoms with van der Waals surface area (Å²) in [6, 6.07) is 6.72. The van der Waals surface area contributed by atoms with Crippen molar-refractivity contribution in [1.82, 2.24) is 20.1 Å². The standard InChI is InChI=1S/C18H12Cl2F3N5O3S/c1-9(29)24-8-16-25-26-17(27(16)13-6-11(19)5-12(20)7-13)32-15-3-2-10(18(21,22)23)4-14(15)28(30)31/h2-7H,8H2,1H3,(H,24,29). The topological polar surface area (TPSA) is 103 Å². The number of halogens is 5. The lowest BCUT2D eigenvalue weighted by Gasteiger charge is -2.12. The van der Waals surface area contributed by atoms with Crippen molar-refractivity contribution in [3.8, 4) is 5.69 Å². The summed E-state index contributed by atoms with van der Waals surface area (Å²) in [5.74, 6) is -0.0909. The monoisotopic (exact) mass is 505 g/mol. The first-order valence-electron chi connectivity index (χ1n) is 8.64. The van der Waals surface area contributed by atoms with Gasteiger partial charge in [-0.25, -0.2) is 0 Å². The molecule has 0 aliphatic rings. The van der Waals surface area contributed by atoms with E-state index in [-0.39, 0.29) is 38.4 Å². The van der Waals surface area contributed by atoms with Gasteiger partial charge in [0.05, 0.1) is 27.6 Å². The lowest BCUT2D eigenvalue weighted by molar-refractivity contribution is -0.388. The van der Waals surface area contributed by atoms with Crippen LogP contribution in [0.3, 0.4) is 0 Å². The van der Waals surface area contributed by atoms with Gasteiger partial charge < -0.3 is 5.32 Å². The summed E-state index contributed by atoms with van der Waals surface area (Å²) in [7, 11) is 0. The molecule has 0 aliphatic heterocycles. The fourth-order valence-corrected chi connectivity index (χ4v) is 4.10. The maximum absolute atomic E-state index is 13.0. The summed E-state index contributed by atoms with van der Waals surface area (Å²) in [5.41, 5.74) is -1.50. The zero-order chi connectivity index (χ0) is 23.6. The van der Waals surface area contributed by atoms with Gasteiger partial charge in [0.1, 0.15) is 0 Å². The van der Waals surface area contributed by atoms with E-state index in [0.29, 0.717) is 11.8 Å². The van der Waals surface area contributed by atoms with Gasteiger partial charge in [-0.15, -0.1) is 10.2 Å². The molecule has 14 heteroatoms. The zero-order valence-corrected chi connectivity index (χ0v) is 18.3. The van der Waals surface area contributed by atoms with Crippen LogP contribution in [0.25, 0.3) is 5.69 Å². The number of nitro groups is 1. The fourth-order valence-electron chi connectivity index (χ4n) is 2.63. The van der Waals surface area contributed by atoms with Crippen molar-refractivity contribution in [3.63, 3.8) is 0 Å². The average molecular weight is 506 g/mol. The molecule has 2 aromatic carbocycles. The minimum absolute atomic E-state index is 0.0396. The number of aromatic nitrogens is 3. The molecular weight excluding hydrogens is 494 g/mol. The largest absolute Gasteiger partial charge is 0.416 e. The number of nitrogens with zero attached hydrogens (tertiary/aromatic N) is 4. The molecule has 8 nitrogen and oxygen atoms in total. The van der Waals surface area contributed by atoms with Crippen LogP contribution in [-0.2, 0) is 17.5 Å². The summed E-state index contributed by atoms with van der Waals surface area (Å²) in [5, 5.41) is 22.6. The van der Waals surface area contributed by atoms with E-state index in [1.165, 1.54) is 29.7 Å². The minimum Gasteiger partial charge on any atom is -0.349 e. The van der Waals surface area contributed by atoms with Gasteiger partial charge in [0, 0.05) is 23.0 Å². The van der Waals surface area contributed by atoms with Gasteiger partial charge in [0.25, 0.3) is 5.69 Å².